The predicted molar refractivity (Wildman–Crippen MR) is 77.3 cm³/mol. The van der Waals surface area contributed by atoms with Crippen LogP contribution in [-0.4, -0.2) is 24.0 Å². The number of aromatic nitrogens is 1. The number of carbonyl (C=O) groups excluding carboxylic acids is 1. The molecule has 0 aliphatic heterocycles. The SMILES string of the molecule is Br.O=C(NCCNCc1ccccn1)c1ccco1. The summed E-state index contributed by atoms with van der Waals surface area (Å²) < 4.78 is 4.98. The number of hydrogen-bond donors (Lipinski definition) is 2. The fraction of sp³-hybridized carbons (Fsp3) is 0.231. The molecule has 1 amide bonds. The summed E-state index contributed by atoms with van der Waals surface area (Å²) in [6.45, 7) is 1.92. The Morgan fingerprint density at radius 1 is 1.21 bits per heavy atom. The van der Waals surface area contributed by atoms with Crippen LogP contribution in [-0.2, 0) is 6.54 Å². The Morgan fingerprint density at radius 2 is 2.11 bits per heavy atom. The molecule has 6 heteroatoms. The maximum absolute atomic E-state index is 11.5. The number of furan rings is 1. The lowest BCUT2D eigenvalue weighted by molar-refractivity contribution is 0.0926. The van der Waals surface area contributed by atoms with E-state index in [1.165, 1.54) is 6.26 Å². The summed E-state index contributed by atoms with van der Waals surface area (Å²) in [7, 11) is 0. The Balaban J connectivity index is 0.00000180. The van der Waals surface area contributed by atoms with Crippen LogP contribution in [0.4, 0.5) is 0 Å². The normalized spacial score (nSPS) is 9.68. The van der Waals surface area contributed by atoms with E-state index in [1.54, 1.807) is 18.3 Å². The van der Waals surface area contributed by atoms with Gasteiger partial charge in [-0.1, -0.05) is 6.07 Å². The van der Waals surface area contributed by atoms with Crippen molar-refractivity contribution >= 4 is 22.9 Å². The van der Waals surface area contributed by atoms with E-state index in [2.05, 4.69) is 15.6 Å². The van der Waals surface area contributed by atoms with Gasteiger partial charge in [0.1, 0.15) is 0 Å². The Bertz CT molecular complexity index is 474. The minimum absolute atomic E-state index is 0. The van der Waals surface area contributed by atoms with Crippen molar-refractivity contribution in [1.82, 2.24) is 15.6 Å². The second-order valence-electron chi connectivity index (χ2n) is 3.73. The third kappa shape index (κ3) is 5.23. The van der Waals surface area contributed by atoms with E-state index in [0.717, 1.165) is 5.69 Å². The molecule has 0 aliphatic rings. The lowest BCUT2D eigenvalue weighted by Crippen LogP contribution is -2.31. The predicted octanol–water partition coefficient (Wildman–Crippen LogP) is 1.77. The van der Waals surface area contributed by atoms with Crippen LogP contribution in [0.5, 0.6) is 0 Å². The minimum atomic E-state index is -0.195. The minimum Gasteiger partial charge on any atom is -0.459 e. The van der Waals surface area contributed by atoms with E-state index < -0.39 is 0 Å². The summed E-state index contributed by atoms with van der Waals surface area (Å²) in [4.78, 5) is 15.7. The quantitative estimate of drug-likeness (QED) is 0.794. The van der Waals surface area contributed by atoms with Gasteiger partial charge in [0.05, 0.1) is 12.0 Å². The third-order valence-corrected chi connectivity index (χ3v) is 2.36. The molecular weight excluding hydrogens is 310 g/mol. The number of hydrogen-bond acceptors (Lipinski definition) is 4. The highest BCUT2D eigenvalue weighted by atomic mass is 79.9. The number of amides is 1. The van der Waals surface area contributed by atoms with Crippen LogP contribution in [0.2, 0.25) is 0 Å². The monoisotopic (exact) mass is 325 g/mol. The molecule has 0 aromatic carbocycles. The Hall–Kier alpha value is -1.66. The van der Waals surface area contributed by atoms with Crippen LogP contribution in [0.3, 0.4) is 0 Å². The van der Waals surface area contributed by atoms with Gasteiger partial charge in [0.15, 0.2) is 5.76 Å². The zero-order valence-corrected chi connectivity index (χ0v) is 12.0. The third-order valence-electron chi connectivity index (χ3n) is 2.36. The summed E-state index contributed by atoms with van der Waals surface area (Å²) in [5, 5.41) is 5.95. The first-order valence-electron chi connectivity index (χ1n) is 5.78. The van der Waals surface area contributed by atoms with E-state index in [9.17, 15) is 4.79 Å². The zero-order valence-electron chi connectivity index (χ0n) is 10.3. The maximum atomic E-state index is 11.5. The molecule has 0 unspecified atom stereocenters. The second kappa shape index (κ2) is 8.44. The van der Waals surface area contributed by atoms with E-state index >= 15 is 0 Å². The molecule has 2 heterocycles. The van der Waals surface area contributed by atoms with Crippen LogP contribution >= 0.6 is 17.0 Å². The smallest absolute Gasteiger partial charge is 0.287 e. The number of carbonyl (C=O) groups is 1. The fourth-order valence-electron chi connectivity index (χ4n) is 1.48. The molecule has 2 rings (SSSR count). The molecule has 0 fully saturated rings. The summed E-state index contributed by atoms with van der Waals surface area (Å²) in [5.41, 5.74) is 0.981. The molecule has 19 heavy (non-hydrogen) atoms. The highest BCUT2D eigenvalue weighted by molar-refractivity contribution is 8.93. The fourth-order valence-corrected chi connectivity index (χ4v) is 1.48. The molecule has 0 spiro atoms. The molecule has 0 bridgehead atoms. The van der Waals surface area contributed by atoms with Crippen LogP contribution in [0, 0.1) is 0 Å². The lowest BCUT2D eigenvalue weighted by atomic mass is 10.3. The summed E-state index contributed by atoms with van der Waals surface area (Å²) in [5.74, 6) is 0.138. The Morgan fingerprint density at radius 3 is 2.79 bits per heavy atom. The average molecular weight is 326 g/mol. The van der Waals surface area contributed by atoms with Gasteiger partial charge in [0.2, 0.25) is 0 Å². The molecule has 0 saturated carbocycles. The molecule has 2 aromatic rings. The van der Waals surface area contributed by atoms with Crippen molar-refractivity contribution in [3.63, 3.8) is 0 Å². The van der Waals surface area contributed by atoms with Crippen molar-refractivity contribution in [2.45, 2.75) is 6.54 Å². The number of pyridine rings is 1. The van der Waals surface area contributed by atoms with Gasteiger partial charge < -0.3 is 15.1 Å². The summed E-state index contributed by atoms with van der Waals surface area (Å²) in [6, 6.07) is 9.11. The van der Waals surface area contributed by atoms with Gasteiger partial charge >= 0.3 is 0 Å². The lowest BCUT2D eigenvalue weighted by Gasteiger charge is -2.05. The molecule has 5 nitrogen and oxygen atoms in total. The van der Waals surface area contributed by atoms with Crippen LogP contribution < -0.4 is 10.6 Å². The number of nitrogens with zero attached hydrogens (tertiary/aromatic N) is 1. The highest BCUT2D eigenvalue weighted by Crippen LogP contribution is 1.98. The standard InChI is InChI=1S/C13H15N3O2.BrH/c17-13(12-5-3-9-18-12)16-8-7-14-10-11-4-1-2-6-15-11;/h1-6,9,14H,7-8,10H2,(H,16,17);1H. The van der Waals surface area contributed by atoms with Crippen molar-refractivity contribution in [3.8, 4) is 0 Å². The first-order chi connectivity index (χ1) is 8.86. The van der Waals surface area contributed by atoms with E-state index in [1.807, 2.05) is 18.2 Å². The van der Waals surface area contributed by atoms with Crippen molar-refractivity contribution in [2.24, 2.45) is 0 Å². The maximum Gasteiger partial charge on any atom is 0.287 e. The molecule has 0 atom stereocenters. The van der Waals surface area contributed by atoms with Gasteiger partial charge in [-0.2, -0.15) is 0 Å². The Labute approximate surface area is 122 Å². The van der Waals surface area contributed by atoms with E-state index in [4.69, 9.17) is 4.42 Å². The largest absolute Gasteiger partial charge is 0.459 e. The van der Waals surface area contributed by atoms with Crippen LogP contribution in [0.15, 0.2) is 47.2 Å². The molecule has 0 aliphatic carbocycles. The number of halogens is 1. The molecule has 0 radical (unpaired) electrons. The number of nitrogens with one attached hydrogen (secondary N) is 2. The molecule has 0 saturated heterocycles. The zero-order chi connectivity index (χ0) is 12.6. The van der Waals surface area contributed by atoms with Gasteiger partial charge in [0.25, 0.3) is 5.91 Å². The van der Waals surface area contributed by atoms with Gasteiger partial charge in [0, 0.05) is 25.8 Å². The first-order valence-corrected chi connectivity index (χ1v) is 5.78. The van der Waals surface area contributed by atoms with Crippen molar-refractivity contribution < 1.29 is 9.21 Å². The van der Waals surface area contributed by atoms with Crippen molar-refractivity contribution in [2.75, 3.05) is 13.1 Å². The van der Waals surface area contributed by atoms with Gasteiger partial charge in [-0.25, -0.2) is 0 Å². The van der Waals surface area contributed by atoms with Gasteiger partial charge in [-0.05, 0) is 24.3 Å². The molecule has 2 aromatic heterocycles. The topological polar surface area (TPSA) is 67.2 Å². The first kappa shape index (κ1) is 15.4. The second-order valence-corrected chi connectivity index (χ2v) is 3.73. The highest BCUT2D eigenvalue weighted by Gasteiger charge is 2.06. The van der Waals surface area contributed by atoms with Gasteiger partial charge in [-0.3, -0.25) is 9.78 Å². The van der Waals surface area contributed by atoms with E-state index in [-0.39, 0.29) is 22.9 Å². The number of rotatable bonds is 6. The average Bonchev–Trinajstić information content (AvgIpc) is 2.93. The summed E-state index contributed by atoms with van der Waals surface area (Å²) >= 11 is 0. The molecular formula is C13H16BrN3O2. The van der Waals surface area contributed by atoms with Crippen molar-refractivity contribution in [3.05, 3.63) is 54.2 Å². The van der Waals surface area contributed by atoms with E-state index in [0.29, 0.717) is 25.4 Å². The summed E-state index contributed by atoms with van der Waals surface area (Å²) in [6.07, 6.45) is 3.24. The Kier molecular flexibility index (Phi) is 6.84. The van der Waals surface area contributed by atoms with Crippen LogP contribution in [0.1, 0.15) is 16.2 Å². The van der Waals surface area contributed by atoms with Gasteiger partial charge in [-0.15, -0.1) is 17.0 Å². The molecule has 102 valence electrons. The van der Waals surface area contributed by atoms with Crippen molar-refractivity contribution in [1.29, 1.82) is 0 Å². The molecule has 2 N–H and O–H groups in total. The van der Waals surface area contributed by atoms with Crippen LogP contribution in [0.25, 0.3) is 0 Å².